The number of pyridine rings is 1. The number of anilines is 1. The van der Waals surface area contributed by atoms with Crippen molar-refractivity contribution in [2.45, 2.75) is 35.2 Å². The molecule has 1 saturated heterocycles. The summed E-state index contributed by atoms with van der Waals surface area (Å²) in [4.78, 5) is 31.3. The number of carbonyl (C=O) groups is 2. The maximum absolute atomic E-state index is 14.1. The maximum atomic E-state index is 14.1. The molecule has 9 heteroatoms. The Kier molecular flexibility index (Phi) is 5.38. The van der Waals surface area contributed by atoms with Gasteiger partial charge in [0, 0.05) is 24.3 Å². The van der Waals surface area contributed by atoms with E-state index in [-0.39, 0.29) is 18.0 Å². The first-order valence-corrected chi connectivity index (χ1v) is 12.5. The molecule has 2 aromatic carbocycles. The van der Waals surface area contributed by atoms with Crippen molar-refractivity contribution in [3.05, 3.63) is 77.5 Å². The van der Waals surface area contributed by atoms with E-state index in [4.69, 9.17) is 4.74 Å². The van der Waals surface area contributed by atoms with E-state index in [0.717, 1.165) is 47.0 Å². The molecule has 4 heterocycles. The fourth-order valence-corrected chi connectivity index (χ4v) is 6.66. The molecule has 3 aromatic rings. The third kappa shape index (κ3) is 3.71. The molecule has 3 aliphatic rings. The van der Waals surface area contributed by atoms with E-state index in [1.54, 1.807) is 12.3 Å². The van der Waals surface area contributed by atoms with Crippen molar-refractivity contribution in [1.82, 2.24) is 20.9 Å². The van der Waals surface area contributed by atoms with Crippen molar-refractivity contribution in [3.63, 3.8) is 0 Å². The summed E-state index contributed by atoms with van der Waals surface area (Å²) >= 11 is 1.40. The summed E-state index contributed by atoms with van der Waals surface area (Å²) in [5.74, 6) is 1.29. The first kappa shape index (κ1) is 21.9. The molecule has 3 unspecified atom stereocenters. The van der Waals surface area contributed by atoms with Crippen LogP contribution in [0.3, 0.4) is 0 Å². The lowest BCUT2D eigenvalue weighted by molar-refractivity contribution is -0.125. The zero-order valence-electron chi connectivity index (χ0n) is 19.1. The predicted molar refractivity (Wildman–Crippen MR) is 134 cm³/mol. The van der Waals surface area contributed by atoms with Crippen LogP contribution in [0.2, 0.25) is 0 Å². The molecule has 8 nitrogen and oxygen atoms in total. The number of rotatable bonds is 5. The highest BCUT2D eigenvalue weighted by atomic mass is 32.2. The molecule has 4 N–H and O–H groups in total. The Balaban J connectivity index is 1.44. The number of aromatic nitrogens is 1. The predicted octanol–water partition coefficient (Wildman–Crippen LogP) is 3.84. The number of ether oxygens (including phenoxy) is 1. The number of carbonyl (C=O) groups excluding carboxylic acids is 2. The molecular formula is C26H25N5O3S. The monoisotopic (exact) mass is 487 g/mol. The summed E-state index contributed by atoms with van der Waals surface area (Å²) in [5, 5.41) is 13.2. The average molecular weight is 488 g/mol. The van der Waals surface area contributed by atoms with E-state index >= 15 is 0 Å². The van der Waals surface area contributed by atoms with Crippen molar-refractivity contribution >= 4 is 29.4 Å². The van der Waals surface area contributed by atoms with E-state index in [2.05, 4.69) is 26.3 Å². The second-order valence-corrected chi connectivity index (χ2v) is 10.2. The molecule has 3 amide bonds. The van der Waals surface area contributed by atoms with Crippen molar-refractivity contribution in [3.8, 4) is 11.5 Å². The molecule has 1 aromatic heterocycles. The van der Waals surface area contributed by atoms with Gasteiger partial charge in [-0.3, -0.25) is 4.79 Å². The number of nitrogens with zero attached hydrogens (tertiary/aromatic N) is 1. The lowest BCUT2D eigenvalue weighted by atomic mass is 9.82. The molecule has 3 atom stereocenters. The summed E-state index contributed by atoms with van der Waals surface area (Å²) in [5.41, 5.74) is 3.26. The first-order valence-electron chi connectivity index (χ1n) is 11.7. The Bertz CT molecular complexity index is 1310. The summed E-state index contributed by atoms with van der Waals surface area (Å²) in [6.07, 6.45) is 2.53. The fraction of sp³-hybridized carbons (Fsp3) is 0.269. The number of hydrogen-bond acceptors (Lipinski definition) is 6. The van der Waals surface area contributed by atoms with Gasteiger partial charge in [0.2, 0.25) is 5.91 Å². The van der Waals surface area contributed by atoms with Gasteiger partial charge in [-0.25, -0.2) is 9.78 Å². The highest BCUT2D eigenvalue weighted by Gasteiger charge is 2.58. The van der Waals surface area contributed by atoms with Crippen LogP contribution in [-0.2, 0) is 9.54 Å². The van der Waals surface area contributed by atoms with Crippen LogP contribution in [0.1, 0.15) is 29.2 Å². The van der Waals surface area contributed by atoms with Crippen LogP contribution >= 0.6 is 11.8 Å². The Hall–Kier alpha value is -3.56. The number of para-hydroxylation sites is 1. The molecule has 6 rings (SSSR count). The minimum absolute atomic E-state index is 0.0366. The van der Waals surface area contributed by atoms with Crippen molar-refractivity contribution in [2.24, 2.45) is 0 Å². The van der Waals surface area contributed by atoms with Crippen molar-refractivity contribution in [1.29, 1.82) is 0 Å². The number of amides is 3. The van der Waals surface area contributed by atoms with Gasteiger partial charge in [0.25, 0.3) is 0 Å². The van der Waals surface area contributed by atoms with Gasteiger partial charge < -0.3 is 26.0 Å². The minimum Gasteiger partial charge on any atom is -0.457 e. The van der Waals surface area contributed by atoms with Gasteiger partial charge in [0.1, 0.15) is 16.5 Å². The summed E-state index contributed by atoms with van der Waals surface area (Å²) in [6.45, 7) is 3.57. The van der Waals surface area contributed by atoms with E-state index < -0.39 is 10.8 Å². The van der Waals surface area contributed by atoms with Crippen LogP contribution in [0.5, 0.6) is 11.5 Å². The topological polar surface area (TPSA) is 104 Å². The third-order valence-corrected chi connectivity index (χ3v) is 8.22. The zero-order chi connectivity index (χ0) is 24.0. The number of urea groups is 1. The Morgan fingerprint density at radius 3 is 2.80 bits per heavy atom. The van der Waals surface area contributed by atoms with Gasteiger partial charge in [-0.05, 0) is 61.3 Å². The number of thioether (sulfide) groups is 1. The molecule has 35 heavy (non-hydrogen) atoms. The second kappa shape index (κ2) is 8.58. The van der Waals surface area contributed by atoms with Crippen LogP contribution in [-0.4, -0.2) is 36.1 Å². The highest BCUT2D eigenvalue weighted by Crippen LogP contribution is 2.60. The number of benzene rings is 2. The van der Waals surface area contributed by atoms with Gasteiger partial charge in [0.05, 0.1) is 11.7 Å². The van der Waals surface area contributed by atoms with E-state index in [9.17, 15) is 9.59 Å². The molecule has 0 bridgehead atoms. The summed E-state index contributed by atoms with van der Waals surface area (Å²) in [7, 11) is 0. The minimum atomic E-state index is -1.11. The fourth-order valence-electron chi connectivity index (χ4n) is 5.12. The van der Waals surface area contributed by atoms with Gasteiger partial charge >= 0.3 is 6.03 Å². The number of hydrogen-bond donors (Lipinski definition) is 4. The smallest absolute Gasteiger partial charge is 0.319 e. The van der Waals surface area contributed by atoms with Crippen LogP contribution in [0.15, 0.2) is 65.8 Å². The molecule has 0 radical (unpaired) electrons. The molecule has 0 saturated carbocycles. The van der Waals surface area contributed by atoms with Gasteiger partial charge in [-0.1, -0.05) is 36.0 Å². The second-order valence-electron chi connectivity index (χ2n) is 9.00. The van der Waals surface area contributed by atoms with Crippen molar-refractivity contribution < 1.29 is 14.3 Å². The normalized spacial score (nSPS) is 24.3. The SMILES string of the molecule is Cc1cc(Oc2ccccc2)ccc1C1(C(=O)NC2CCNC2)Sc2nccc3c2C1NC(=O)N3. The Labute approximate surface area is 207 Å². The lowest BCUT2D eigenvalue weighted by Gasteiger charge is -2.37. The number of aryl methyl sites for hydroxylation is 1. The quantitative estimate of drug-likeness (QED) is 0.436. The molecule has 0 spiro atoms. The van der Waals surface area contributed by atoms with Crippen LogP contribution < -0.4 is 26.0 Å². The van der Waals surface area contributed by atoms with Gasteiger partial charge in [-0.15, -0.1) is 0 Å². The van der Waals surface area contributed by atoms with Crippen LogP contribution in [0, 0.1) is 6.92 Å². The van der Waals surface area contributed by atoms with Gasteiger partial charge in [0.15, 0.2) is 4.75 Å². The standard InChI is InChI=1S/C26H25N5O3S/c1-15-13-18(34-17-5-3-2-4-6-17)7-8-19(15)26(24(32)29-16-9-11-27-14-16)22-21-20(30-25(33)31-22)10-12-28-23(21)35-26/h2-8,10,12-13,16,22,27H,9,11,14H2,1H3,(H,29,32)(H2,30,31,33). The van der Waals surface area contributed by atoms with Crippen molar-refractivity contribution in [2.75, 3.05) is 18.4 Å². The molecule has 3 aliphatic heterocycles. The highest BCUT2D eigenvalue weighted by molar-refractivity contribution is 8.01. The summed E-state index contributed by atoms with van der Waals surface area (Å²) in [6, 6.07) is 16.3. The van der Waals surface area contributed by atoms with Crippen LogP contribution in [0.4, 0.5) is 10.5 Å². The zero-order valence-corrected chi connectivity index (χ0v) is 19.9. The van der Waals surface area contributed by atoms with E-state index in [0.29, 0.717) is 11.4 Å². The third-order valence-electron chi connectivity index (χ3n) is 6.74. The molecular weight excluding hydrogens is 462 g/mol. The van der Waals surface area contributed by atoms with Crippen LogP contribution in [0.25, 0.3) is 0 Å². The molecule has 178 valence electrons. The lowest BCUT2D eigenvalue weighted by Crippen LogP contribution is -2.54. The summed E-state index contributed by atoms with van der Waals surface area (Å²) < 4.78 is 4.92. The van der Waals surface area contributed by atoms with E-state index in [1.807, 2.05) is 55.5 Å². The molecule has 0 aliphatic carbocycles. The van der Waals surface area contributed by atoms with E-state index in [1.165, 1.54) is 11.8 Å². The van der Waals surface area contributed by atoms with Gasteiger partial charge in [-0.2, -0.15) is 0 Å². The largest absolute Gasteiger partial charge is 0.457 e. The Morgan fingerprint density at radius 1 is 1.17 bits per heavy atom. The Morgan fingerprint density at radius 2 is 2.03 bits per heavy atom. The molecule has 1 fully saturated rings. The first-order chi connectivity index (χ1) is 17.0. The number of nitrogens with one attached hydrogen (secondary N) is 4. The maximum Gasteiger partial charge on any atom is 0.319 e. The average Bonchev–Trinajstić information content (AvgIpc) is 3.47.